The lowest BCUT2D eigenvalue weighted by Gasteiger charge is -2.06. The van der Waals surface area contributed by atoms with E-state index in [0.29, 0.717) is 0 Å². The normalized spacial score (nSPS) is 12.8. The van der Waals surface area contributed by atoms with Crippen molar-refractivity contribution in [2.45, 2.75) is 47.5 Å². The minimum Gasteiger partial charge on any atom is -0.494 e. The Kier molecular flexibility index (Phi) is 15.7. The average molecular weight is 184 g/mol. The van der Waals surface area contributed by atoms with Crippen LogP contribution in [0.4, 0.5) is 0 Å². The molecule has 0 fully saturated rings. The molecule has 0 saturated carbocycles. The van der Waals surface area contributed by atoms with E-state index < -0.39 is 0 Å². The number of hydrogen-bond acceptors (Lipinski definition) is 1. The van der Waals surface area contributed by atoms with Gasteiger partial charge in [0.2, 0.25) is 0 Å². The molecular formula is C12H24O. The third kappa shape index (κ3) is 9.19. The molecule has 0 aromatic heterocycles. The van der Waals surface area contributed by atoms with Gasteiger partial charge in [-0.25, -0.2) is 0 Å². The van der Waals surface area contributed by atoms with Gasteiger partial charge in [0, 0.05) is 0 Å². The van der Waals surface area contributed by atoms with Crippen LogP contribution < -0.4 is 0 Å². The predicted octanol–water partition coefficient (Wildman–Crippen LogP) is 4.31. The monoisotopic (exact) mass is 184 g/mol. The summed E-state index contributed by atoms with van der Waals surface area (Å²) in [6, 6.07) is 0. The third-order valence-electron chi connectivity index (χ3n) is 1.27. The lowest BCUT2D eigenvalue weighted by atomic mass is 10.2. The highest BCUT2D eigenvalue weighted by Gasteiger charge is 1.94. The van der Waals surface area contributed by atoms with Gasteiger partial charge in [0.05, 0.1) is 6.61 Å². The van der Waals surface area contributed by atoms with E-state index in [1.165, 1.54) is 0 Å². The molecule has 0 atom stereocenters. The van der Waals surface area contributed by atoms with Crippen molar-refractivity contribution >= 4 is 0 Å². The molecule has 0 saturated heterocycles. The Morgan fingerprint density at radius 1 is 1.15 bits per heavy atom. The topological polar surface area (TPSA) is 9.23 Å². The first kappa shape index (κ1) is 14.8. The van der Waals surface area contributed by atoms with Crippen LogP contribution in [0, 0.1) is 0 Å². The van der Waals surface area contributed by atoms with Gasteiger partial charge in [0.1, 0.15) is 5.76 Å². The van der Waals surface area contributed by atoms with Crippen molar-refractivity contribution in [1.29, 1.82) is 0 Å². The Morgan fingerprint density at radius 2 is 1.77 bits per heavy atom. The van der Waals surface area contributed by atoms with Gasteiger partial charge >= 0.3 is 0 Å². The largest absolute Gasteiger partial charge is 0.494 e. The van der Waals surface area contributed by atoms with Crippen LogP contribution in [0.3, 0.4) is 0 Å². The van der Waals surface area contributed by atoms with Crippen molar-refractivity contribution < 1.29 is 4.74 Å². The molecule has 1 aliphatic carbocycles. The minimum atomic E-state index is 0.774. The fourth-order valence-corrected chi connectivity index (χ4v) is 0.863. The van der Waals surface area contributed by atoms with E-state index in [0.717, 1.165) is 25.2 Å². The summed E-state index contributed by atoms with van der Waals surface area (Å²) in [5, 5.41) is 0. The van der Waals surface area contributed by atoms with Crippen molar-refractivity contribution in [3.8, 4) is 0 Å². The molecule has 0 radical (unpaired) electrons. The number of allylic oxidation sites excluding steroid dienone is 3. The van der Waals surface area contributed by atoms with Gasteiger partial charge in [0.15, 0.2) is 0 Å². The Labute approximate surface area is 83.5 Å². The van der Waals surface area contributed by atoms with Gasteiger partial charge in [-0.05, 0) is 31.9 Å². The molecule has 0 spiro atoms. The fraction of sp³-hybridized carbons (Fsp3) is 0.667. The van der Waals surface area contributed by atoms with E-state index in [9.17, 15) is 0 Å². The van der Waals surface area contributed by atoms with Crippen LogP contribution in [-0.4, -0.2) is 6.61 Å². The standard InChI is InChI=1S/C8H12O.2C2H6/c1-2-9-8-6-4-3-5-7-8;2*1-2/h4,6-7H,2-3,5H2,1H3;2*1-2H3. The summed E-state index contributed by atoms with van der Waals surface area (Å²) in [5.74, 6) is 1.03. The molecule has 1 rings (SSSR count). The summed E-state index contributed by atoms with van der Waals surface area (Å²) in [5.41, 5.74) is 0. The average Bonchev–Trinajstić information content (AvgIpc) is 2.26. The molecule has 0 amide bonds. The maximum absolute atomic E-state index is 5.26. The van der Waals surface area contributed by atoms with Crippen LogP contribution in [0.25, 0.3) is 0 Å². The first-order valence-electron chi connectivity index (χ1n) is 5.43. The quantitative estimate of drug-likeness (QED) is 0.621. The zero-order valence-corrected chi connectivity index (χ0v) is 9.76. The summed E-state index contributed by atoms with van der Waals surface area (Å²) in [6.07, 6.45) is 8.60. The van der Waals surface area contributed by atoms with Crippen molar-refractivity contribution in [2.24, 2.45) is 0 Å². The minimum absolute atomic E-state index is 0.774. The zero-order valence-electron chi connectivity index (χ0n) is 9.76. The summed E-state index contributed by atoms with van der Waals surface area (Å²) < 4.78 is 5.26. The second-order valence-electron chi connectivity index (χ2n) is 2.02. The smallest absolute Gasteiger partial charge is 0.114 e. The zero-order chi connectivity index (χ0) is 10.5. The molecule has 1 heteroatoms. The van der Waals surface area contributed by atoms with Crippen LogP contribution >= 0.6 is 0 Å². The van der Waals surface area contributed by atoms with E-state index in [1.807, 2.05) is 40.7 Å². The fourth-order valence-electron chi connectivity index (χ4n) is 0.863. The Balaban J connectivity index is 0. The van der Waals surface area contributed by atoms with Gasteiger partial charge in [-0.1, -0.05) is 33.8 Å². The van der Waals surface area contributed by atoms with Crippen LogP contribution in [0.2, 0.25) is 0 Å². The van der Waals surface area contributed by atoms with Crippen LogP contribution in [-0.2, 0) is 4.74 Å². The molecule has 0 aliphatic heterocycles. The van der Waals surface area contributed by atoms with E-state index >= 15 is 0 Å². The van der Waals surface area contributed by atoms with Crippen LogP contribution in [0.1, 0.15) is 47.5 Å². The van der Waals surface area contributed by atoms with Crippen molar-refractivity contribution in [3.63, 3.8) is 0 Å². The first-order chi connectivity index (χ1) is 6.43. The highest BCUT2D eigenvalue weighted by molar-refractivity contribution is 5.15. The maximum Gasteiger partial charge on any atom is 0.114 e. The number of hydrogen-bond donors (Lipinski definition) is 0. The SMILES string of the molecule is CC.CC.CCOC1=CCCC=C1. The molecule has 0 bridgehead atoms. The number of rotatable bonds is 2. The second-order valence-corrected chi connectivity index (χ2v) is 2.02. The van der Waals surface area contributed by atoms with Crippen molar-refractivity contribution in [3.05, 3.63) is 24.0 Å². The molecule has 13 heavy (non-hydrogen) atoms. The van der Waals surface area contributed by atoms with Gasteiger partial charge in [-0.3, -0.25) is 0 Å². The Morgan fingerprint density at radius 3 is 2.15 bits per heavy atom. The van der Waals surface area contributed by atoms with Gasteiger partial charge < -0.3 is 4.74 Å². The van der Waals surface area contributed by atoms with E-state index in [2.05, 4.69) is 12.2 Å². The van der Waals surface area contributed by atoms with Gasteiger partial charge in [-0.2, -0.15) is 0 Å². The first-order valence-corrected chi connectivity index (χ1v) is 5.43. The summed E-state index contributed by atoms with van der Waals surface area (Å²) in [6.45, 7) is 10.8. The van der Waals surface area contributed by atoms with E-state index in [4.69, 9.17) is 4.74 Å². The maximum atomic E-state index is 5.26. The summed E-state index contributed by atoms with van der Waals surface area (Å²) >= 11 is 0. The van der Waals surface area contributed by atoms with E-state index in [-0.39, 0.29) is 0 Å². The van der Waals surface area contributed by atoms with Crippen LogP contribution in [0.15, 0.2) is 24.0 Å². The lowest BCUT2D eigenvalue weighted by molar-refractivity contribution is 0.240. The molecule has 1 aliphatic rings. The summed E-state index contributed by atoms with van der Waals surface area (Å²) in [7, 11) is 0. The van der Waals surface area contributed by atoms with Gasteiger partial charge in [0.25, 0.3) is 0 Å². The highest BCUT2D eigenvalue weighted by atomic mass is 16.5. The van der Waals surface area contributed by atoms with Crippen molar-refractivity contribution in [2.75, 3.05) is 6.61 Å². The number of ether oxygens (including phenoxy) is 1. The molecular weight excluding hydrogens is 160 g/mol. The van der Waals surface area contributed by atoms with E-state index in [1.54, 1.807) is 0 Å². The second kappa shape index (κ2) is 13.8. The highest BCUT2D eigenvalue weighted by Crippen LogP contribution is 2.09. The molecule has 0 aromatic carbocycles. The Bertz CT molecular complexity index is 134. The lowest BCUT2D eigenvalue weighted by Crippen LogP contribution is -1.90. The van der Waals surface area contributed by atoms with Crippen LogP contribution in [0.5, 0.6) is 0 Å². The molecule has 0 unspecified atom stereocenters. The molecule has 78 valence electrons. The van der Waals surface area contributed by atoms with Crippen molar-refractivity contribution in [1.82, 2.24) is 0 Å². The van der Waals surface area contributed by atoms with Gasteiger partial charge in [-0.15, -0.1) is 0 Å². The molecule has 0 aromatic rings. The molecule has 1 nitrogen and oxygen atoms in total. The summed E-state index contributed by atoms with van der Waals surface area (Å²) in [4.78, 5) is 0. The Hall–Kier alpha value is -0.720. The predicted molar refractivity (Wildman–Crippen MR) is 60.8 cm³/mol. The molecule has 0 N–H and O–H groups in total. The molecule has 0 heterocycles. The third-order valence-corrected chi connectivity index (χ3v) is 1.27.